The first-order valence-corrected chi connectivity index (χ1v) is 5.96. The van der Waals surface area contributed by atoms with Crippen molar-refractivity contribution < 1.29 is 31.1 Å². The molecule has 20 heavy (non-hydrogen) atoms. The lowest BCUT2D eigenvalue weighted by Gasteiger charge is -2.26. The molecular weight excluding hydrogens is 290 g/mol. The molecule has 1 aliphatic rings. The third-order valence-electron chi connectivity index (χ3n) is 3.43. The zero-order valence-electron chi connectivity index (χ0n) is 10.4. The third-order valence-corrected chi connectivity index (χ3v) is 3.43. The summed E-state index contributed by atoms with van der Waals surface area (Å²) in [6, 6.07) is 1.87. The van der Waals surface area contributed by atoms with Crippen LogP contribution in [0.25, 0.3) is 0 Å². The summed E-state index contributed by atoms with van der Waals surface area (Å²) in [5, 5.41) is 8.89. The highest BCUT2D eigenvalue weighted by molar-refractivity contribution is 5.11. The number of ether oxygens (including phenoxy) is 1. The van der Waals surface area contributed by atoms with Crippen molar-refractivity contribution in [3.05, 3.63) is 0 Å². The van der Waals surface area contributed by atoms with Gasteiger partial charge >= 0.3 is 12.4 Å². The molecule has 2 N–H and O–H groups in total. The lowest BCUT2D eigenvalue weighted by Crippen LogP contribution is -2.45. The monoisotopic (exact) mass is 304 g/mol. The van der Waals surface area contributed by atoms with Crippen LogP contribution in [0.3, 0.4) is 0 Å². The second-order valence-electron chi connectivity index (χ2n) is 4.86. The van der Waals surface area contributed by atoms with Crippen LogP contribution in [0, 0.1) is 17.2 Å². The fraction of sp³-hybridized carbons (Fsp3) is 0.909. The van der Waals surface area contributed by atoms with Crippen LogP contribution in [-0.4, -0.2) is 30.6 Å². The molecule has 1 saturated carbocycles. The first-order chi connectivity index (χ1) is 9.00. The van der Waals surface area contributed by atoms with Gasteiger partial charge in [0.1, 0.15) is 5.54 Å². The number of nitrogens with zero attached hydrogens (tertiary/aromatic N) is 1. The van der Waals surface area contributed by atoms with Crippen molar-refractivity contribution in [3.8, 4) is 6.07 Å². The van der Waals surface area contributed by atoms with Gasteiger partial charge in [0.2, 0.25) is 6.10 Å². The Morgan fingerprint density at radius 1 is 1.25 bits per heavy atom. The summed E-state index contributed by atoms with van der Waals surface area (Å²) >= 11 is 0. The second kappa shape index (κ2) is 5.77. The quantitative estimate of drug-likeness (QED) is 0.812. The minimum absolute atomic E-state index is 0.104. The Kier molecular flexibility index (Phi) is 4.92. The molecule has 9 heteroatoms. The van der Waals surface area contributed by atoms with Crippen LogP contribution in [0.15, 0.2) is 0 Å². The van der Waals surface area contributed by atoms with Gasteiger partial charge in [0, 0.05) is 6.61 Å². The predicted octanol–water partition coefficient (Wildman–Crippen LogP) is 2.91. The van der Waals surface area contributed by atoms with E-state index in [1.54, 1.807) is 0 Å². The average molecular weight is 304 g/mol. The highest BCUT2D eigenvalue weighted by Gasteiger charge is 2.58. The molecule has 0 aromatic heterocycles. The van der Waals surface area contributed by atoms with Crippen LogP contribution in [0.4, 0.5) is 26.3 Å². The Hall–Kier alpha value is -1.01. The summed E-state index contributed by atoms with van der Waals surface area (Å²) in [4.78, 5) is 0. The van der Waals surface area contributed by atoms with Gasteiger partial charge in [-0.1, -0.05) is 6.42 Å². The molecule has 1 rings (SSSR count). The predicted molar refractivity (Wildman–Crippen MR) is 56.3 cm³/mol. The molecule has 1 fully saturated rings. The van der Waals surface area contributed by atoms with Gasteiger partial charge in [-0.3, -0.25) is 0 Å². The Labute approximate surface area is 111 Å². The van der Waals surface area contributed by atoms with Crippen LogP contribution in [0.2, 0.25) is 0 Å². The summed E-state index contributed by atoms with van der Waals surface area (Å²) < 4.78 is 77.2. The van der Waals surface area contributed by atoms with E-state index in [2.05, 4.69) is 4.74 Å². The van der Waals surface area contributed by atoms with Crippen LogP contribution in [-0.2, 0) is 4.74 Å². The van der Waals surface area contributed by atoms with Gasteiger partial charge in [-0.2, -0.15) is 31.6 Å². The topological polar surface area (TPSA) is 59.0 Å². The zero-order valence-corrected chi connectivity index (χ0v) is 10.4. The number of hydrogen-bond acceptors (Lipinski definition) is 3. The molecule has 2 atom stereocenters. The number of nitrogens with two attached hydrogens (primary N) is 1. The highest BCUT2D eigenvalue weighted by Crippen LogP contribution is 2.38. The van der Waals surface area contributed by atoms with E-state index < -0.39 is 36.5 Å². The van der Waals surface area contributed by atoms with Crippen molar-refractivity contribution in [1.29, 1.82) is 5.26 Å². The molecule has 0 spiro atoms. The van der Waals surface area contributed by atoms with Crippen molar-refractivity contribution in [2.45, 2.75) is 49.7 Å². The molecular formula is C11H14F6N2O. The van der Waals surface area contributed by atoms with E-state index in [1.807, 2.05) is 6.07 Å². The molecule has 0 bridgehead atoms. The fourth-order valence-corrected chi connectivity index (χ4v) is 2.35. The molecule has 116 valence electrons. The average Bonchev–Trinajstić information content (AvgIpc) is 2.63. The maximum Gasteiger partial charge on any atom is 0.423 e. The van der Waals surface area contributed by atoms with Gasteiger partial charge in [0.25, 0.3) is 0 Å². The summed E-state index contributed by atoms with van der Waals surface area (Å²) in [5.41, 5.74) is 4.54. The SMILES string of the molecule is N#CC1(N)CCCC1CCOC(C(F)(F)F)C(F)(F)F. The normalized spacial score (nSPS) is 27.9. The second-order valence-corrected chi connectivity index (χ2v) is 4.86. The first kappa shape index (κ1) is 17.0. The van der Waals surface area contributed by atoms with Gasteiger partial charge < -0.3 is 10.5 Å². The molecule has 0 aliphatic heterocycles. The Morgan fingerprint density at radius 2 is 1.80 bits per heavy atom. The Morgan fingerprint density at radius 3 is 2.25 bits per heavy atom. The van der Waals surface area contributed by atoms with E-state index in [4.69, 9.17) is 11.0 Å². The van der Waals surface area contributed by atoms with Gasteiger partial charge in [0.05, 0.1) is 6.07 Å². The van der Waals surface area contributed by atoms with E-state index in [-0.39, 0.29) is 6.42 Å². The van der Waals surface area contributed by atoms with Crippen LogP contribution >= 0.6 is 0 Å². The molecule has 0 aromatic rings. The Balaban J connectivity index is 2.56. The van der Waals surface area contributed by atoms with E-state index >= 15 is 0 Å². The van der Waals surface area contributed by atoms with Crippen LogP contribution in [0.1, 0.15) is 25.7 Å². The third kappa shape index (κ3) is 3.99. The number of nitriles is 1. The zero-order chi connectivity index (χ0) is 15.6. The van der Waals surface area contributed by atoms with Gasteiger partial charge in [0.15, 0.2) is 0 Å². The van der Waals surface area contributed by atoms with E-state index in [1.165, 1.54) is 0 Å². The maximum atomic E-state index is 12.2. The van der Waals surface area contributed by atoms with E-state index in [0.717, 1.165) is 0 Å². The number of hydrogen-bond donors (Lipinski definition) is 1. The molecule has 0 saturated heterocycles. The molecule has 2 unspecified atom stereocenters. The lowest BCUT2D eigenvalue weighted by atomic mass is 9.87. The molecule has 0 heterocycles. The van der Waals surface area contributed by atoms with E-state index in [9.17, 15) is 26.3 Å². The van der Waals surface area contributed by atoms with Crippen molar-refractivity contribution >= 4 is 0 Å². The molecule has 3 nitrogen and oxygen atoms in total. The smallest absolute Gasteiger partial charge is 0.361 e. The van der Waals surface area contributed by atoms with Crippen molar-refractivity contribution in [1.82, 2.24) is 0 Å². The minimum atomic E-state index is -5.51. The van der Waals surface area contributed by atoms with Crippen molar-refractivity contribution in [2.24, 2.45) is 11.7 Å². The molecule has 1 aliphatic carbocycles. The molecule has 0 amide bonds. The number of halogens is 6. The largest absolute Gasteiger partial charge is 0.423 e. The minimum Gasteiger partial charge on any atom is -0.361 e. The summed E-state index contributed by atoms with van der Waals surface area (Å²) in [6.07, 6.45) is -13.4. The first-order valence-electron chi connectivity index (χ1n) is 5.96. The van der Waals surface area contributed by atoms with Gasteiger partial charge in [-0.15, -0.1) is 0 Å². The summed E-state index contributed by atoms with van der Waals surface area (Å²) in [5.74, 6) is -0.449. The number of rotatable bonds is 4. The Bertz CT molecular complexity index is 361. The lowest BCUT2D eigenvalue weighted by molar-refractivity contribution is -0.322. The van der Waals surface area contributed by atoms with Crippen molar-refractivity contribution in [3.63, 3.8) is 0 Å². The molecule has 0 radical (unpaired) electrons. The van der Waals surface area contributed by atoms with Gasteiger partial charge in [-0.25, -0.2) is 0 Å². The summed E-state index contributed by atoms with van der Waals surface area (Å²) in [7, 11) is 0. The van der Waals surface area contributed by atoms with Crippen LogP contribution in [0.5, 0.6) is 0 Å². The highest BCUT2D eigenvalue weighted by atomic mass is 19.4. The van der Waals surface area contributed by atoms with Crippen molar-refractivity contribution in [2.75, 3.05) is 6.61 Å². The van der Waals surface area contributed by atoms with E-state index in [0.29, 0.717) is 19.3 Å². The summed E-state index contributed by atoms with van der Waals surface area (Å²) in [6.45, 7) is -0.741. The fourth-order valence-electron chi connectivity index (χ4n) is 2.35. The maximum absolute atomic E-state index is 12.2. The van der Waals surface area contributed by atoms with Gasteiger partial charge in [-0.05, 0) is 25.2 Å². The standard InChI is InChI=1S/C11H14F6N2O/c12-10(13,14)8(11(15,16)17)20-5-3-7-2-1-4-9(7,19)6-18/h7-8H,1-5,19H2. The molecule has 0 aromatic carbocycles. The number of alkyl halides is 6. The van der Waals surface area contributed by atoms with Crippen LogP contribution < -0.4 is 5.73 Å².